The Hall–Kier alpha value is -2.67. The van der Waals surface area contributed by atoms with Gasteiger partial charge >= 0.3 is 6.03 Å². The average molecular weight is 445 g/mol. The van der Waals surface area contributed by atoms with Gasteiger partial charge in [0.05, 0.1) is 6.54 Å². The Kier molecular flexibility index (Phi) is 5.84. The molecule has 1 atom stereocenters. The number of amides is 3. The third-order valence-electron chi connectivity index (χ3n) is 4.82. The number of Topliss-reactive ketones (excluding diaryl/α,β-unsaturated/α-hetero) is 1. The normalized spacial score (nSPS) is 19.0. The topological polar surface area (TPSA) is 86.7 Å². The molecule has 146 valence electrons. The van der Waals surface area contributed by atoms with Gasteiger partial charge in [0.1, 0.15) is 11.3 Å². The van der Waals surface area contributed by atoms with Crippen LogP contribution in [0.1, 0.15) is 24.5 Å². The summed E-state index contributed by atoms with van der Waals surface area (Å²) in [6.45, 7) is 1.41. The summed E-state index contributed by atoms with van der Waals surface area (Å²) < 4.78 is 0.917. The summed E-state index contributed by atoms with van der Waals surface area (Å²) in [6.07, 6.45) is 1.04. The quantitative estimate of drug-likeness (QED) is 0.641. The third kappa shape index (κ3) is 4.59. The van der Waals surface area contributed by atoms with Crippen molar-refractivity contribution < 1.29 is 19.5 Å². The Morgan fingerprint density at radius 1 is 1.14 bits per heavy atom. The van der Waals surface area contributed by atoms with E-state index < -0.39 is 17.5 Å². The smallest absolute Gasteiger partial charge is 0.325 e. The Morgan fingerprint density at radius 3 is 2.54 bits per heavy atom. The number of nitrogens with one attached hydrogen (secondary N) is 1. The van der Waals surface area contributed by atoms with Crippen molar-refractivity contribution in [3.8, 4) is 5.75 Å². The molecule has 0 aromatic heterocycles. The van der Waals surface area contributed by atoms with E-state index in [2.05, 4.69) is 21.2 Å². The molecule has 3 rings (SSSR count). The minimum atomic E-state index is -1.07. The highest BCUT2D eigenvalue weighted by molar-refractivity contribution is 9.10. The first kappa shape index (κ1) is 20.1. The van der Waals surface area contributed by atoms with Gasteiger partial charge in [-0.1, -0.05) is 40.2 Å². The molecule has 1 saturated heterocycles. The summed E-state index contributed by atoms with van der Waals surface area (Å²) in [5.41, 5.74) is 0.625. The van der Waals surface area contributed by atoms with Crippen molar-refractivity contribution in [3.05, 3.63) is 64.1 Å². The van der Waals surface area contributed by atoms with Crippen LogP contribution in [0.5, 0.6) is 5.75 Å². The Bertz CT molecular complexity index is 913. The number of urea groups is 1. The second-order valence-corrected chi connectivity index (χ2v) is 8.08. The lowest BCUT2D eigenvalue weighted by molar-refractivity contribution is -0.134. The number of halogens is 1. The molecule has 0 aliphatic carbocycles. The van der Waals surface area contributed by atoms with Crippen molar-refractivity contribution in [2.75, 3.05) is 6.54 Å². The van der Waals surface area contributed by atoms with E-state index in [4.69, 9.17) is 0 Å². The number of benzene rings is 2. The molecule has 1 unspecified atom stereocenters. The van der Waals surface area contributed by atoms with Crippen LogP contribution >= 0.6 is 15.9 Å². The molecule has 0 radical (unpaired) electrons. The van der Waals surface area contributed by atoms with Gasteiger partial charge in [0, 0.05) is 10.9 Å². The van der Waals surface area contributed by atoms with Crippen molar-refractivity contribution in [2.45, 2.75) is 31.7 Å². The van der Waals surface area contributed by atoms with Crippen LogP contribution in [0.4, 0.5) is 4.79 Å². The van der Waals surface area contributed by atoms with Crippen molar-refractivity contribution in [1.29, 1.82) is 0 Å². The molecule has 0 bridgehead atoms. The van der Waals surface area contributed by atoms with Gasteiger partial charge in [-0.25, -0.2) is 4.79 Å². The third-order valence-corrected chi connectivity index (χ3v) is 5.35. The van der Waals surface area contributed by atoms with E-state index >= 15 is 0 Å². The number of carbonyl (C=O) groups is 3. The summed E-state index contributed by atoms with van der Waals surface area (Å²) in [7, 11) is 0. The standard InChI is InChI=1S/C21H21BrN2O4/c1-21(10-9-14-3-2-4-17(25)11-14)19(27)24(20(28)23-21)13-18(26)12-15-5-7-16(22)8-6-15/h2-8,11,25H,9-10,12-13H2,1H3,(H,23,28). The number of hydrogen-bond acceptors (Lipinski definition) is 4. The lowest BCUT2D eigenvalue weighted by Gasteiger charge is -2.21. The molecule has 2 aromatic carbocycles. The highest BCUT2D eigenvalue weighted by Gasteiger charge is 2.47. The van der Waals surface area contributed by atoms with E-state index in [9.17, 15) is 19.5 Å². The van der Waals surface area contributed by atoms with Crippen LogP contribution in [-0.4, -0.2) is 39.8 Å². The molecular weight excluding hydrogens is 424 g/mol. The van der Waals surface area contributed by atoms with Crippen LogP contribution in [0.2, 0.25) is 0 Å². The predicted molar refractivity (Wildman–Crippen MR) is 108 cm³/mol. The van der Waals surface area contributed by atoms with Crippen molar-refractivity contribution >= 4 is 33.7 Å². The van der Waals surface area contributed by atoms with Gasteiger partial charge in [0.15, 0.2) is 5.78 Å². The molecule has 28 heavy (non-hydrogen) atoms. The number of rotatable bonds is 7. The highest BCUT2D eigenvalue weighted by Crippen LogP contribution is 2.24. The summed E-state index contributed by atoms with van der Waals surface area (Å²) in [5, 5.41) is 12.3. The average Bonchev–Trinajstić information content (AvgIpc) is 2.86. The fourth-order valence-corrected chi connectivity index (χ4v) is 3.49. The van der Waals surface area contributed by atoms with Crippen LogP contribution in [0, 0.1) is 0 Å². The summed E-state index contributed by atoms with van der Waals surface area (Å²) in [4.78, 5) is 38.4. The van der Waals surface area contributed by atoms with Gasteiger partial charge < -0.3 is 10.4 Å². The summed E-state index contributed by atoms with van der Waals surface area (Å²) in [5.74, 6) is -0.450. The molecule has 2 aromatic rings. The number of ketones is 1. The van der Waals surface area contributed by atoms with E-state index in [1.54, 1.807) is 25.1 Å². The van der Waals surface area contributed by atoms with Gasteiger partial charge in [-0.3, -0.25) is 14.5 Å². The van der Waals surface area contributed by atoms with Gasteiger partial charge in [-0.05, 0) is 55.2 Å². The van der Waals surface area contributed by atoms with Crippen molar-refractivity contribution in [2.24, 2.45) is 0 Å². The number of phenolic OH excluding ortho intramolecular Hbond substituents is 1. The van der Waals surface area contributed by atoms with Crippen LogP contribution < -0.4 is 5.32 Å². The van der Waals surface area contributed by atoms with E-state index in [0.717, 1.165) is 20.5 Å². The number of aryl methyl sites for hydroxylation is 1. The molecule has 3 amide bonds. The lowest BCUT2D eigenvalue weighted by atomic mass is 9.93. The number of nitrogens with zero attached hydrogens (tertiary/aromatic N) is 1. The number of carbonyl (C=O) groups excluding carboxylic acids is 3. The van der Waals surface area contributed by atoms with E-state index in [-0.39, 0.29) is 24.5 Å². The predicted octanol–water partition coefficient (Wildman–Crippen LogP) is 3.21. The second kappa shape index (κ2) is 8.14. The summed E-state index contributed by atoms with van der Waals surface area (Å²) in [6, 6.07) is 13.6. The van der Waals surface area contributed by atoms with Crippen LogP contribution in [0.3, 0.4) is 0 Å². The van der Waals surface area contributed by atoms with Gasteiger partial charge in [0.2, 0.25) is 0 Å². The molecule has 2 N–H and O–H groups in total. The molecule has 1 aliphatic heterocycles. The first-order valence-electron chi connectivity index (χ1n) is 8.95. The van der Waals surface area contributed by atoms with Crippen LogP contribution in [-0.2, 0) is 22.4 Å². The van der Waals surface area contributed by atoms with E-state index in [1.807, 2.05) is 30.3 Å². The van der Waals surface area contributed by atoms with Gasteiger partial charge in [-0.2, -0.15) is 0 Å². The molecular formula is C21H21BrN2O4. The fourth-order valence-electron chi connectivity index (χ4n) is 3.23. The zero-order valence-electron chi connectivity index (χ0n) is 15.4. The van der Waals surface area contributed by atoms with E-state index in [0.29, 0.717) is 12.8 Å². The second-order valence-electron chi connectivity index (χ2n) is 7.17. The first-order valence-corrected chi connectivity index (χ1v) is 9.74. The van der Waals surface area contributed by atoms with Crippen LogP contribution in [0.25, 0.3) is 0 Å². The maximum absolute atomic E-state index is 12.8. The Morgan fingerprint density at radius 2 is 1.86 bits per heavy atom. The molecule has 0 saturated carbocycles. The van der Waals surface area contributed by atoms with Crippen molar-refractivity contribution in [3.63, 3.8) is 0 Å². The van der Waals surface area contributed by atoms with Gasteiger partial charge in [0.25, 0.3) is 5.91 Å². The molecule has 6 nitrogen and oxygen atoms in total. The number of aromatic hydroxyl groups is 1. The molecule has 7 heteroatoms. The molecule has 1 heterocycles. The van der Waals surface area contributed by atoms with E-state index in [1.165, 1.54) is 0 Å². The van der Waals surface area contributed by atoms with Crippen LogP contribution in [0.15, 0.2) is 53.0 Å². The minimum Gasteiger partial charge on any atom is -0.508 e. The zero-order valence-corrected chi connectivity index (χ0v) is 17.0. The molecule has 1 fully saturated rings. The van der Waals surface area contributed by atoms with Crippen molar-refractivity contribution in [1.82, 2.24) is 10.2 Å². The molecule has 0 spiro atoms. The Labute approximate surface area is 171 Å². The molecule has 1 aliphatic rings. The summed E-state index contributed by atoms with van der Waals surface area (Å²) >= 11 is 3.34. The van der Waals surface area contributed by atoms with Gasteiger partial charge in [-0.15, -0.1) is 0 Å². The number of imide groups is 1. The fraction of sp³-hybridized carbons (Fsp3) is 0.286. The number of hydrogen-bond donors (Lipinski definition) is 2. The number of phenols is 1. The highest BCUT2D eigenvalue weighted by atomic mass is 79.9. The monoisotopic (exact) mass is 444 g/mol. The maximum atomic E-state index is 12.8. The zero-order chi connectivity index (χ0) is 20.3. The lowest BCUT2D eigenvalue weighted by Crippen LogP contribution is -2.44. The largest absolute Gasteiger partial charge is 0.508 e. The SMILES string of the molecule is CC1(CCc2cccc(O)c2)NC(=O)N(CC(=O)Cc2ccc(Br)cc2)C1=O. The maximum Gasteiger partial charge on any atom is 0.325 e. The Balaban J connectivity index is 1.61. The first-order chi connectivity index (χ1) is 13.3. The minimum absolute atomic E-state index is 0.157.